The van der Waals surface area contributed by atoms with Gasteiger partial charge in [0.05, 0.1) is 5.56 Å². The smallest absolute Gasteiger partial charge is 0.325 e. The Labute approximate surface area is 183 Å². The van der Waals surface area contributed by atoms with Gasteiger partial charge >= 0.3 is 6.03 Å². The Morgan fingerprint density at radius 3 is 2.58 bits per heavy atom. The normalized spacial score (nSPS) is 20.4. The summed E-state index contributed by atoms with van der Waals surface area (Å²) in [6, 6.07) is 8.36. The second-order valence-corrected chi connectivity index (χ2v) is 8.88. The van der Waals surface area contributed by atoms with Crippen LogP contribution >= 0.6 is 11.3 Å². The molecular formula is C22H24N4O4S. The first-order valence-electron chi connectivity index (χ1n) is 10.3. The van der Waals surface area contributed by atoms with E-state index in [0.29, 0.717) is 22.5 Å². The molecule has 9 heteroatoms. The third-order valence-electron chi connectivity index (χ3n) is 5.95. The molecule has 0 spiro atoms. The van der Waals surface area contributed by atoms with Crippen molar-refractivity contribution in [1.29, 1.82) is 0 Å². The van der Waals surface area contributed by atoms with Gasteiger partial charge in [-0.3, -0.25) is 19.3 Å². The van der Waals surface area contributed by atoms with E-state index < -0.39 is 35.8 Å². The predicted molar refractivity (Wildman–Crippen MR) is 117 cm³/mol. The van der Waals surface area contributed by atoms with E-state index in [1.165, 1.54) is 11.3 Å². The SMILES string of the molecule is CCC1(c2ccccc2)NC(=O)N(CC(=O)Nc2sc3c(c2C(N)=O)CCCC3)C1=O. The number of hydrogen-bond donors (Lipinski definition) is 3. The van der Waals surface area contributed by atoms with Crippen LogP contribution in [0, 0.1) is 0 Å². The molecule has 0 bridgehead atoms. The van der Waals surface area contributed by atoms with Gasteiger partial charge in [-0.05, 0) is 43.2 Å². The molecule has 1 atom stereocenters. The number of nitrogens with zero attached hydrogens (tertiary/aromatic N) is 1. The molecule has 0 saturated carbocycles. The van der Waals surface area contributed by atoms with Crippen LogP contribution in [0.25, 0.3) is 0 Å². The van der Waals surface area contributed by atoms with E-state index in [-0.39, 0.29) is 0 Å². The molecule has 2 aliphatic rings. The zero-order valence-electron chi connectivity index (χ0n) is 17.2. The molecule has 1 unspecified atom stereocenters. The number of nitrogens with two attached hydrogens (primary N) is 1. The maximum absolute atomic E-state index is 13.2. The van der Waals surface area contributed by atoms with E-state index in [9.17, 15) is 19.2 Å². The van der Waals surface area contributed by atoms with Crippen LogP contribution in [-0.4, -0.2) is 35.2 Å². The number of urea groups is 1. The lowest BCUT2D eigenvalue weighted by Gasteiger charge is -2.25. The molecule has 2 heterocycles. The Morgan fingerprint density at radius 2 is 1.90 bits per heavy atom. The van der Waals surface area contributed by atoms with E-state index in [1.54, 1.807) is 24.3 Å². The fraction of sp³-hybridized carbons (Fsp3) is 0.364. The van der Waals surface area contributed by atoms with Crippen molar-refractivity contribution in [2.45, 2.75) is 44.6 Å². The Kier molecular flexibility index (Phi) is 5.53. The lowest BCUT2D eigenvalue weighted by atomic mass is 9.87. The van der Waals surface area contributed by atoms with E-state index in [0.717, 1.165) is 41.0 Å². The summed E-state index contributed by atoms with van der Waals surface area (Å²) in [4.78, 5) is 52.5. The number of carbonyl (C=O) groups is 4. The summed E-state index contributed by atoms with van der Waals surface area (Å²) in [6.45, 7) is 1.37. The Bertz CT molecular complexity index is 1060. The summed E-state index contributed by atoms with van der Waals surface area (Å²) in [5.41, 5.74) is 6.29. The third kappa shape index (κ3) is 3.59. The molecule has 4 rings (SSSR count). The number of primary amides is 1. The second kappa shape index (κ2) is 8.14. The number of anilines is 1. The van der Waals surface area contributed by atoms with Crippen molar-refractivity contribution in [1.82, 2.24) is 10.2 Å². The summed E-state index contributed by atoms with van der Waals surface area (Å²) in [7, 11) is 0. The molecule has 1 aliphatic carbocycles. The highest BCUT2D eigenvalue weighted by Crippen LogP contribution is 2.38. The van der Waals surface area contributed by atoms with Crippen LogP contribution in [0.15, 0.2) is 30.3 Å². The molecule has 162 valence electrons. The van der Waals surface area contributed by atoms with Gasteiger partial charge in [0.15, 0.2) is 0 Å². The van der Waals surface area contributed by atoms with E-state index in [2.05, 4.69) is 10.6 Å². The van der Waals surface area contributed by atoms with Crippen molar-refractivity contribution >= 4 is 40.1 Å². The van der Waals surface area contributed by atoms with Crippen LogP contribution in [0.3, 0.4) is 0 Å². The van der Waals surface area contributed by atoms with E-state index >= 15 is 0 Å². The van der Waals surface area contributed by atoms with Crippen LogP contribution in [0.1, 0.15) is 52.5 Å². The topological polar surface area (TPSA) is 122 Å². The molecular weight excluding hydrogens is 416 g/mol. The van der Waals surface area contributed by atoms with E-state index in [1.807, 2.05) is 13.0 Å². The maximum Gasteiger partial charge on any atom is 0.325 e. The number of rotatable bonds is 6. The molecule has 2 aromatic rings. The summed E-state index contributed by atoms with van der Waals surface area (Å²) in [6.07, 6.45) is 3.95. The summed E-state index contributed by atoms with van der Waals surface area (Å²) in [5.74, 6) is -1.61. The Balaban J connectivity index is 1.55. The minimum absolute atomic E-state index is 0.345. The highest BCUT2D eigenvalue weighted by molar-refractivity contribution is 7.17. The summed E-state index contributed by atoms with van der Waals surface area (Å²) >= 11 is 1.34. The average molecular weight is 441 g/mol. The molecule has 31 heavy (non-hydrogen) atoms. The van der Waals surface area contributed by atoms with Gasteiger partial charge in [-0.2, -0.15) is 0 Å². The molecule has 4 N–H and O–H groups in total. The lowest BCUT2D eigenvalue weighted by Crippen LogP contribution is -2.44. The lowest BCUT2D eigenvalue weighted by molar-refractivity contribution is -0.134. The third-order valence-corrected chi connectivity index (χ3v) is 7.15. The van der Waals surface area contributed by atoms with Gasteiger partial charge < -0.3 is 16.4 Å². The molecule has 0 radical (unpaired) electrons. The van der Waals surface area contributed by atoms with Crippen LogP contribution in [0.2, 0.25) is 0 Å². The van der Waals surface area contributed by atoms with Crippen molar-refractivity contribution in [2.75, 3.05) is 11.9 Å². The van der Waals surface area contributed by atoms with Gasteiger partial charge in [0.25, 0.3) is 11.8 Å². The van der Waals surface area contributed by atoms with Gasteiger partial charge in [0.2, 0.25) is 5.91 Å². The first-order valence-corrected chi connectivity index (χ1v) is 11.1. The maximum atomic E-state index is 13.2. The first kappa shape index (κ1) is 21.0. The van der Waals surface area contributed by atoms with Gasteiger partial charge in [-0.25, -0.2) is 4.79 Å². The summed E-state index contributed by atoms with van der Waals surface area (Å²) < 4.78 is 0. The monoisotopic (exact) mass is 440 g/mol. The standard InChI is InChI=1S/C22H24N4O4S/c1-2-22(13-8-4-3-5-9-13)20(29)26(21(30)25-22)12-16(27)24-19-17(18(23)28)14-10-6-7-11-15(14)31-19/h3-5,8-9H,2,6-7,10-12H2,1H3,(H2,23,28)(H,24,27)(H,25,30). The van der Waals surface area contributed by atoms with Crippen LogP contribution in [0.5, 0.6) is 0 Å². The minimum atomic E-state index is -1.20. The number of amides is 5. The molecule has 1 aromatic carbocycles. The molecule has 1 fully saturated rings. The van der Waals surface area contributed by atoms with Gasteiger partial charge in [0, 0.05) is 4.88 Å². The number of imide groups is 1. The highest BCUT2D eigenvalue weighted by Gasteiger charge is 2.51. The summed E-state index contributed by atoms with van der Waals surface area (Å²) in [5, 5.41) is 5.85. The molecule has 5 amide bonds. The van der Waals surface area contributed by atoms with Crippen molar-refractivity contribution in [2.24, 2.45) is 5.73 Å². The van der Waals surface area contributed by atoms with Crippen LogP contribution < -0.4 is 16.4 Å². The Morgan fingerprint density at radius 1 is 1.19 bits per heavy atom. The number of carbonyl (C=O) groups excluding carboxylic acids is 4. The van der Waals surface area contributed by atoms with Gasteiger partial charge in [-0.1, -0.05) is 37.3 Å². The molecule has 8 nitrogen and oxygen atoms in total. The second-order valence-electron chi connectivity index (χ2n) is 7.77. The number of aryl methyl sites for hydroxylation is 1. The number of benzene rings is 1. The number of hydrogen-bond acceptors (Lipinski definition) is 5. The van der Waals surface area contributed by atoms with Gasteiger partial charge in [-0.15, -0.1) is 11.3 Å². The van der Waals surface area contributed by atoms with Crippen molar-refractivity contribution in [3.05, 3.63) is 51.9 Å². The fourth-order valence-corrected chi connectivity index (χ4v) is 5.67. The van der Waals surface area contributed by atoms with Crippen LogP contribution in [-0.2, 0) is 28.0 Å². The largest absolute Gasteiger partial charge is 0.365 e. The zero-order valence-corrected chi connectivity index (χ0v) is 18.0. The van der Waals surface area contributed by atoms with Gasteiger partial charge in [0.1, 0.15) is 17.1 Å². The molecule has 1 saturated heterocycles. The fourth-order valence-electron chi connectivity index (χ4n) is 4.36. The quantitative estimate of drug-likeness (QED) is 0.598. The van der Waals surface area contributed by atoms with Crippen LogP contribution in [0.4, 0.5) is 9.80 Å². The van der Waals surface area contributed by atoms with Crippen molar-refractivity contribution in [3.63, 3.8) is 0 Å². The predicted octanol–water partition coefficient (Wildman–Crippen LogP) is 2.52. The number of thiophene rings is 1. The zero-order chi connectivity index (χ0) is 22.2. The highest BCUT2D eigenvalue weighted by atomic mass is 32.1. The van der Waals surface area contributed by atoms with E-state index in [4.69, 9.17) is 5.73 Å². The van der Waals surface area contributed by atoms with Crippen molar-refractivity contribution in [3.8, 4) is 0 Å². The molecule has 1 aliphatic heterocycles. The Hall–Kier alpha value is -3.20. The average Bonchev–Trinajstić information content (AvgIpc) is 3.24. The number of fused-ring (bicyclic) bond motifs is 1. The van der Waals surface area contributed by atoms with Crippen molar-refractivity contribution < 1.29 is 19.2 Å². The minimum Gasteiger partial charge on any atom is -0.365 e. The first-order chi connectivity index (χ1) is 14.9. The molecule has 1 aromatic heterocycles. The number of nitrogens with one attached hydrogen (secondary N) is 2.